The monoisotopic (exact) mass is 474 g/mol. The number of aromatic hydroxyl groups is 1. The molecule has 182 valence electrons. The van der Waals surface area contributed by atoms with Crippen molar-refractivity contribution in [3.8, 4) is 5.75 Å². The van der Waals surface area contributed by atoms with E-state index in [2.05, 4.69) is 0 Å². The number of aryl methyl sites for hydroxylation is 1. The third-order valence-electron chi connectivity index (χ3n) is 7.25. The molecular formula is C23H26N2O9. The lowest BCUT2D eigenvalue weighted by atomic mass is 9.53. The summed E-state index contributed by atoms with van der Waals surface area (Å²) in [6, 6.07) is 1.33. The molecule has 0 heterocycles. The Kier molecular flexibility index (Phi) is 5.01. The van der Waals surface area contributed by atoms with E-state index in [4.69, 9.17) is 5.73 Å². The molecule has 1 aromatic carbocycles. The Morgan fingerprint density at radius 3 is 2.21 bits per heavy atom. The fourth-order valence-corrected chi connectivity index (χ4v) is 5.81. The van der Waals surface area contributed by atoms with Crippen LogP contribution in [0.2, 0.25) is 0 Å². The highest BCUT2D eigenvalue weighted by atomic mass is 16.3. The molecule has 3 aliphatic carbocycles. The molecule has 1 aromatic rings. The number of phenols is 1. The molecule has 1 amide bonds. The number of likely N-dealkylation sites (N-methyl/N-ethyl adjacent to an activating group) is 1. The van der Waals surface area contributed by atoms with E-state index in [9.17, 15) is 45.0 Å². The van der Waals surface area contributed by atoms with Gasteiger partial charge in [-0.05, 0) is 45.1 Å². The van der Waals surface area contributed by atoms with Gasteiger partial charge in [0, 0.05) is 0 Å². The van der Waals surface area contributed by atoms with Gasteiger partial charge in [0.2, 0.25) is 11.6 Å². The molecule has 0 unspecified atom stereocenters. The molecule has 1 saturated carbocycles. The quantitative estimate of drug-likeness (QED) is 0.204. The summed E-state index contributed by atoms with van der Waals surface area (Å²) in [4.78, 5) is 40.2. The lowest BCUT2D eigenvalue weighted by Crippen LogP contribution is -2.72. The molecule has 34 heavy (non-hydrogen) atoms. The van der Waals surface area contributed by atoms with E-state index in [0.717, 1.165) is 0 Å². The smallest absolute Gasteiger partial charge is 0.255 e. The predicted octanol–water partition coefficient (Wildman–Crippen LogP) is -1.09. The molecular weight excluding hydrogens is 448 g/mol. The van der Waals surface area contributed by atoms with Crippen molar-refractivity contribution in [2.45, 2.75) is 37.2 Å². The maximum absolute atomic E-state index is 13.7. The lowest BCUT2D eigenvalue weighted by Gasteiger charge is -2.55. The van der Waals surface area contributed by atoms with Crippen LogP contribution in [0.5, 0.6) is 5.75 Å². The average molecular weight is 474 g/mol. The number of ketones is 2. The predicted molar refractivity (Wildman–Crippen MR) is 116 cm³/mol. The van der Waals surface area contributed by atoms with Gasteiger partial charge < -0.3 is 36.4 Å². The highest BCUT2D eigenvalue weighted by molar-refractivity contribution is 6.33. The fraction of sp³-hybridized carbons (Fsp3) is 0.435. The summed E-state index contributed by atoms with van der Waals surface area (Å²) in [5, 5.41) is 66.8. The molecule has 4 rings (SSSR count). The number of primary amides is 1. The number of nitrogens with zero attached hydrogens (tertiary/aromatic N) is 1. The number of Topliss-reactive ketones (excluding diaryl/α,β-unsaturated/α-hetero) is 2. The van der Waals surface area contributed by atoms with Gasteiger partial charge in [0.1, 0.15) is 22.8 Å². The first kappa shape index (κ1) is 23.9. The number of phenolic OH excluding ortho intramolecular Hbond substituents is 1. The first-order chi connectivity index (χ1) is 15.6. The zero-order valence-electron chi connectivity index (χ0n) is 18.9. The number of benzene rings is 1. The standard InChI is InChI=1S/C23H26N2O9/c1-7-5-8-10(9(26)6-7)16(27)11-13(22(8,2)33)18(29)14-15(25(3)4)17(28)12(21(24)32)20(31)23(14,34)19(11)30/h5-6,13-15,18,26-29,33-34H,1-4H3,(H2,24,32)/t13-,14-,15+,18+,22-,23+/m1/s1. The molecule has 11 heteroatoms. The summed E-state index contributed by atoms with van der Waals surface area (Å²) in [6.45, 7) is 2.90. The summed E-state index contributed by atoms with van der Waals surface area (Å²) in [5.74, 6) is -9.71. The van der Waals surface area contributed by atoms with Crippen LogP contribution in [0.1, 0.15) is 23.6 Å². The average Bonchev–Trinajstić information content (AvgIpc) is 2.70. The first-order valence-corrected chi connectivity index (χ1v) is 10.5. The van der Waals surface area contributed by atoms with Gasteiger partial charge in [-0.25, -0.2) is 0 Å². The Morgan fingerprint density at radius 1 is 1.09 bits per heavy atom. The van der Waals surface area contributed by atoms with Crippen molar-refractivity contribution >= 4 is 23.2 Å². The summed E-state index contributed by atoms with van der Waals surface area (Å²) in [6.07, 6.45) is -1.88. The van der Waals surface area contributed by atoms with Crippen LogP contribution in [0.3, 0.4) is 0 Å². The van der Waals surface area contributed by atoms with Crippen LogP contribution in [-0.4, -0.2) is 84.9 Å². The molecule has 3 aliphatic rings. The number of amides is 1. The van der Waals surface area contributed by atoms with E-state index in [1.54, 1.807) is 6.92 Å². The van der Waals surface area contributed by atoms with Crippen LogP contribution >= 0.6 is 0 Å². The van der Waals surface area contributed by atoms with Crippen molar-refractivity contribution < 1.29 is 45.0 Å². The molecule has 8 N–H and O–H groups in total. The molecule has 11 nitrogen and oxygen atoms in total. The largest absolute Gasteiger partial charge is 0.510 e. The molecule has 1 fully saturated rings. The topological polar surface area (TPSA) is 202 Å². The number of fused-ring (bicyclic) bond motifs is 3. The SMILES string of the molecule is Cc1cc(O)c2c(c1)[C@@](C)(O)[C@@H]1C(=C2O)C(=O)[C@]2(O)C(=O)C(C(N)=O)=C(O)[C@@H](N(C)C)[C@@H]2[C@H]1O. The van der Waals surface area contributed by atoms with Crippen LogP contribution < -0.4 is 5.73 Å². The Balaban J connectivity index is 2.09. The highest BCUT2D eigenvalue weighted by Gasteiger charge is 2.70. The molecule has 0 radical (unpaired) electrons. The summed E-state index contributed by atoms with van der Waals surface area (Å²) in [5.41, 5.74) is -1.33. The molecule has 0 saturated heterocycles. The van der Waals surface area contributed by atoms with Crippen LogP contribution in [0.15, 0.2) is 29.0 Å². The van der Waals surface area contributed by atoms with Gasteiger partial charge in [-0.1, -0.05) is 6.07 Å². The van der Waals surface area contributed by atoms with E-state index >= 15 is 0 Å². The van der Waals surface area contributed by atoms with Crippen LogP contribution in [-0.2, 0) is 20.0 Å². The van der Waals surface area contributed by atoms with Crippen molar-refractivity contribution in [1.82, 2.24) is 4.90 Å². The van der Waals surface area contributed by atoms with E-state index in [0.29, 0.717) is 5.56 Å². The Hall–Kier alpha value is -3.25. The Bertz CT molecular complexity index is 1230. The number of hydrogen-bond donors (Lipinski definition) is 7. The third kappa shape index (κ3) is 2.69. The van der Waals surface area contributed by atoms with Gasteiger partial charge in [-0.15, -0.1) is 0 Å². The number of aliphatic hydroxyl groups excluding tert-OH is 3. The van der Waals surface area contributed by atoms with Gasteiger partial charge in [0.25, 0.3) is 5.91 Å². The second-order valence-electron chi connectivity index (χ2n) is 9.57. The third-order valence-corrected chi connectivity index (χ3v) is 7.25. The Morgan fingerprint density at radius 2 is 1.68 bits per heavy atom. The Labute approximate surface area is 194 Å². The van der Waals surface area contributed by atoms with Crippen LogP contribution in [0.4, 0.5) is 0 Å². The van der Waals surface area contributed by atoms with E-state index < -0.39 is 81.1 Å². The number of carbonyl (C=O) groups is 3. The summed E-state index contributed by atoms with van der Waals surface area (Å²) in [7, 11) is 2.84. The molecule has 6 atom stereocenters. The molecule has 0 bridgehead atoms. The van der Waals surface area contributed by atoms with E-state index in [1.807, 2.05) is 0 Å². The normalized spacial score (nSPS) is 35.3. The van der Waals surface area contributed by atoms with Crippen LogP contribution in [0.25, 0.3) is 5.76 Å². The van der Waals surface area contributed by atoms with Crippen LogP contribution in [0, 0.1) is 18.8 Å². The minimum atomic E-state index is -3.10. The van der Waals surface area contributed by atoms with Crippen molar-refractivity contribution in [3.05, 3.63) is 45.7 Å². The second-order valence-corrected chi connectivity index (χ2v) is 9.57. The number of nitrogens with two attached hydrogens (primary N) is 1. The second kappa shape index (κ2) is 7.12. The molecule has 0 spiro atoms. The van der Waals surface area contributed by atoms with Crippen molar-refractivity contribution in [2.24, 2.45) is 17.6 Å². The summed E-state index contributed by atoms with van der Waals surface area (Å²) >= 11 is 0. The van der Waals surface area contributed by atoms with E-state index in [1.165, 1.54) is 38.1 Å². The number of aliphatic hydroxyl groups is 5. The van der Waals surface area contributed by atoms with Gasteiger partial charge in [0.15, 0.2) is 5.60 Å². The maximum atomic E-state index is 13.7. The van der Waals surface area contributed by atoms with E-state index in [-0.39, 0.29) is 11.1 Å². The number of rotatable bonds is 2. The van der Waals surface area contributed by atoms with Crippen molar-refractivity contribution in [1.29, 1.82) is 0 Å². The van der Waals surface area contributed by atoms with Gasteiger partial charge in [0.05, 0.1) is 40.7 Å². The zero-order valence-corrected chi connectivity index (χ0v) is 18.9. The molecule has 0 aliphatic heterocycles. The van der Waals surface area contributed by atoms with Crippen molar-refractivity contribution in [3.63, 3.8) is 0 Å². The lowest BCUT2D eigenvalue weighted by molar-refractivity contribution is -0.185. The zero-order chi connectivity index (χ0) is 25.7. The number of hydrogen-bond acceptors (Lipinski definition) is 10. The van der Waals surface area contributed by atoms with Gasteiger partial charge in [-0.2, -0.15) is 0 Å². The highest BCUT2D eigenvalue weighted by Crippen LogP contribution is 2.57. The van der Waals surface area contributed by atoms with Crippen molar-refractivity contribution in [2.75, 3.05) is 14.1 Å². The number of carbonyl (C=O) groups excluding carboxylic acids is 3. The molecule has 0 aromatic heterocycles. The summed E-state index contributed by atoms with van der Waals surface area (Å²) < 4.78 is 0. The van der Waals surface area contributed by atoms with Gasteiger partial charge >= 0.3 is 0 Å². The maximum Gasteiger partial charge on any atom is 0.255 e. The van der Waals surface area contributed by atoms with Gasteiger partial charge in [-0.3, -0.25) is 19.3 Å². The minimum Gasteiger partial charge on any atom is -0.510 e. The first-order valence-electron chi connectivity index (χ1n) is 10.5. The fourth-order valence-electron chi connectivity index (χ4n) is 5.81. The minimum absolute atomic E-state index is 0.0228.